The molecule has 144 valence electrons. The standard InChI is InChI=1S/C19H27ClN2O4/c1-12(22-13(2)23)10-24-16-8-14(9-16)11-25-19-18(20)17(6-7-21-19)26-15-4-3-5-15/h6-7,12,14-16H,3-5,8-11H2,1-2H3,(H,22,23)/t12-,14?,16?/m0/s1. The lowest BCUT2D eigenvalue weighted by atomic mass is 9.83. The summed E-state index contributed by atoms with van der Waals surface area (Å²) in [4.78, 5) is 15.2. The van der Waals surface area contributed by atoms with E-state index in [-0.39, 0.29) is 24.2 Å². The Morgan fingerprint density at radius 2 is 2.15 bits per heavy atom. The van der Waals surface area contributed by atoms with Crippen LogP contribution in [0.4, 0.5) is 0 Å². The van der Waals surface area contributed by atoms with E-state index in [2.05, 4.69) is 10.3 Å². The molecule has 0 aliphatic heterocycles. The van der Waals surface area contributed by atoms with E-state index in [1.165, 1.54) is 13.3 Å². The highest BCUT2D eigenvalue weighted by Gasteiger charge is 2.31. The molecule has 2 aliphatic carbocycles. The lowest BCUT2D eigenvalue weighted by Gasteiger charge is -2.35. The number of nitrogens with one attached hydrogen (secondary N) is 1. The van der Waals surface area contributed by atoms with Gasteiger partial charge in [0.15, 0.2) is 0 Å². The third-order valence-corrected chi connectivity index (χ3v) is 5.20. The predicted molar refractivity (Wildman–Crippen MR) is 98.8 cm³/mol. The normalized spacial score (nSPS) is 23.5. The molecule has 6 nitrogen and oxygen atoms in total. The number of pyridine rings is 1. The summed E-state index contributed by atoms with van der Waals surface area (Å²) in [5.41, 5.74) is 0. The van der Waals surface area contributed by atoms with Crippen LogP contribution in [-0.2, 0) is 9.53 Å². The van der Waals surface area contributed by atoms with Crippen LogP contribution in [0.2, 0.25) is 5.02 Å². The highest BCUT2D eigenvalue weighted by Crippen LogP contribution is 2.36. The molecule has 0 radical (unpaired) electrons. The van der Waals surface area contributed by atoms with Crippen LogP contribution in [0.1, 0.15) is 46.0 Å². The van der Waals surface area contributed by atoms with Crippen LogP contribution in [0.25, 0.3) is 0 Å². The summed E-state index contributed by atoms with van der Waals surface area (Å²) >= 11 is 6.36. The number of aromatic nitrogens is 1. The molecule has 0 bridgehead atoms. The van der Waals surface area contributed by atoms with Gasteiger partial charge < -0.3 is 19.5 Å². The second-order valence-electron chi connectivity index (χ2n) is 7.30. The summed E-state index contributed by atoms with van der Waals surface area (Å²) in [6.45, 7) is 4.55. The maximum Gasteiger partial charge on any atom is 0.236 e. The van der Waals surface area contributed by atoms with Crippen LogP contribution in [0, 0.1) is 5.92 Å². The van der Waals surface area contributed by atoms with E-state index in [1.807, 2.05) is 6.92 Å². The summed E-state index contributed by atoms with van der Waals surface area (Å²) in [6, 6.07) is 1.82. The summed E-state index contributed by atoms with van der Waals surface area (Å²) in [5, 5.41) is 3.27. The molecule has 3 rings (SSSR count). The molecule has 1 amide bonds. The first-order valence-electron chi connectivity index (χ1n) is 9.34. The van der Waals surface area contributed by atoms with Crippen molar-refractivity contribution in [3.05, 3.63) is 17.3 Å². The van der Waals surface area contributed by atoms with Crippen LogP contribution in [0.15, 0.2) is 12.3 Å². The highest BCUT2D eigenvalue weighted by atomic mass is 35.5. The molecule has 1 N–H and O–H groups in total. The molecule has 2 fully saturated rings. The van der Waals surface area contributed by atoms with Crippen molar-refractivity contribution in [1.29, 1.82) is 0 Å². The number of rotatable bonds is 9. The molecule has 0 aromatic carbocycles. The van der Waals surface area contributed by atoms with Crippen LogP contribution < -0.4 is 14.8 Å². The van der Waals surface area contributed by atoms with E-state index < -0.39 is 0 Å². The van der Waals surface area contributed by atoms with Crippen LogP contribution in [0.3, 0.4) is 0 Å². The molecule has 1 aromatic rings. The van der Waals surface area contributed by atoms with Crippen molar-refractivity contribution in [3.8, 4) is 11.6 Å². The van der Waals surface area contributed by atoms with Gasteiger partial charge >= 0.3 is 0 Å². The van der Waals surface area contributed by atoms with Gasteiger partial charge in [-0.15, -0.1) is 0 Å². The number of halogens is 1. The average Bonchev–Trinajstić information content (AvgIpc) is 2.50. The van der Waals surface area contributed by atoms with Crippen molar-refractivity contribution < 1.29 is 19.0 Å². The Labute approximate surface area is 159 Å². The van der Waals surface area contributed by atoms with E-state index in [0.717, 1.165) is 25.7 Å². The second-order valence-corrected chi connectivity index (χ2v) is 7.68. The smallest absolute Gasteiger partial charge is 0.236 e. The van der Waals surface area contributed by atoms with Gasteiger partial charge in [0.1, 0.15) is 10.8 Å². The van der Waals surface area contributed by atoms with E-state index in [4.69, 9.17) is 25.8 Å². The van der Waals surface area contributed by atoms with Gasteiger partial charge in [0.05, 0.1) is 25.4 Å². The van der Waals surface area contributed by atoms with Crippen molar-refractivity contribution in [3.63, 3.8) is 0 Å². The van der Waals surface area contributed by atoms with Gasteiger partial charge in [-0.3, -0.25) is 4.79 Å². The first-order chi connectivity index (χ1) is 12.5. The highest BCUT2D eigenvalue weighted by molar-refractivity contribution is 6.33. The minimum atomic E-state index is -0.0334. The second kappa shape index (κ2) is 8.91. The fourth-order valence-electron chi connectivity index (χ4n) is 3.08. The lowest BCUT2D eigenvalue weighted by Crippen LogP contribution is -2.40. The third kappa shape index (κ3) is 5.24. The summed E-state index contributed by atoms with van der Waals surface area (Å²) in [7, 11) is 0. The van der Waals surface area contributed by atoms with Crippen LogP contribution in [-0.4, -0.2) is 42.4 Å². The van der Waals surface area contributed by atoms with Crippen molar-refractivity contribution in [1.82, 2.24) is 10.3 Å². The lowest BCUT2D eigenvalue weighted by molar-refractivity contribution is -0.120. The van der Waals surface area contributed by atoms with Crippen molar-refractivity contribution in [2.45, 2.75) is 64.2 Å². The quantitative estimate of drug-likeness (QED) is 0.709. The molecule has 1 atom stereocenters. The Morgan fingerprint density at radius 1 is 1.38 bits per heavy atom. The number of carbonyl (C=O) groups is 1. The number of ether oxygens (including phenoxy) is 3. The predicted octanol–water partition coefficient (Wildman–Crippen LogP) is 3.36. The Bertz CT molecular complexity index is 618. The molecule has 1 aromatic heterocycles. The largest absolute Gasteiger partial charge is 0.489 e. The molecule has 2 aliphatic rings. The number of hydrogen-bond donors (Lipinski definition) is 1. The minimum Gasteiger partial charge on any atom is -0.489 e. The maximum atomic E-state index is 11.0. The van der Waals surface area contributed by atoms with Gasteiger partial charge in [0.25, 0.3) is 0 Å². The zero-order valence-electron chi connectivity index (χ0n) is 15.4. The first kappa shape index (κ1) is 19.2. The van der Waals surface area contributed by atoms with Crippen molar-refractivity contribution in [2.24, 2.45) is 5.92 Å². The molecule has 0 spiro atoms. The van der Waals surface area contributed by atoms with Gasteiger partial charge in [0, 0.05) is 25.2 Å². The molecule has 26 heavy (non-hydrogen) atoms. The van der Waals surface area contributed by atoms with Crippen molar-refractivity contribution >= 4 is 17.5 Å². The zero-order chi connectivity index (χ0) is 18.5. The Hall–Kier alpha value is -1.53. The van der Waals surface area contributed by atoms with Gasteiger partial charge in [-0.05, 0) is 44.9 Å². The average molecular weight is 383 g/mol. The summed E-state index contributed by atoms with van der Waals surface area (Å²) < 4.78 is 17.5. The molecule has 0 saturated heterocycles. The summed E-state index contributed by atoms with van der Waals surface area (Å²) in [6.07, 6.45) is 7.45. The molecule has 0 unspecified atom stereocenters. The molecular formula is C19H27ClN2O4. The van der Waals surface area contributed by atoms with E-state index in [0.29, 0.717) is 35.8 Å². The number of amides is 1. The number of carbonyl (C=O) groups excluding carboxylic acids is 1. The SMILES string of the molecule is CC(=O)N[C@@H](C)COC1CC(COc2nccc(OC3CCC3)c2Cl)C1. The molecule has 2 saturated carbocycles. The zero-order valence-corrected chi connectivity index (χ0v) is 16.1. The van der Waals surface area contributed by atoms with Gasteiger partial charge in [0.2, 0.25) is 11.8 Å². The van der Waals surface area contributed by atoms with Crippen LogP contribution in [0.5, 0.6) is 11.6 Å². The maximum absolute atomic E-state index is 11.0. The minimum absolute atomic E-state index is 0.0317. The molecule has 7 heteroatoms. The fourth-order valence-corrected chi connectivity index (χ4v) is 3.29. The fraction of sp³-hybridized carbons (Fsp3) is 0.684. The Kier molecular flexibility index (Phi) is 6.59. The first-order valence-corrected chi connectivity index (χ1v) is 9.71. The van der Waals surface area contributed by atoms with Gasteiger partial charge in [-0.1, -0.05) is 11.6 Å². The third-order valence-electron chi connectivity index (χ3n) is 4.85. The van der Waals surface area contributed by atoms with E-state index >= 15 is 0 Å². The van der Waals surface area contributed by atoms with Crippen molar-refractivity contribution in [2.75, 3.05) is 13.2 Å². The topological polar surface area (TPSA) is 69.7 Å². The molecule has 1 heterocycles. The van der Waals surface area contributed by atoms with Gasteiger partial charge in [-0.25, -0.2) is 4.98 Å². The summed E-state index contributed by atoms with van der Waals surface area (Å²) in [5.74, 6) is 1.49. The van der Waals surface area contributed by atoms with Gasteiger partial charge in [-0.2, -0.15) is 0 Å². The Morgan fingerprint density at radius 3 is 2.81 bits per heavy atom. The monoisotopic (exact) mass is 382 g/mol. The molecular weight excluding hydrogens is 356 g/mol. The number of nitrogens with zero attached hydrogens (tertiary/aromatic N) is 1. The van der Waals surface area contributed by atoms with Crippen LogP contribution >= 0.6 is 11.6 Å². The Balaban J connectivity index is 1.36. The number of hydrogen-bond acceptors (Lipinski definition) is 5. The van der Waals surface area contributed by atoms with E-state index in [9.17, 15) is 4.79 Å². The van der Waals surface area contributed by atoms with E-state index in [1.54, 1.807) is 12.3 Å².